The Balaban J connectivity index is 1.64. The van der Waals surface area contributed by atoms with Crippen molar-refractivity contribution in [2.75, 3.05) is 27.4 Å². The molecule has 29 heavy (non-hydrogen) atoms. The summed E-state index contributed by atoms with van der Waals surface area (Å²) in [6.07, 6.45) is 13.0. The Bertz CT molecular complexity index is 796. The second kappa shape index (κ2) is 7.62. The molecule has 0 radical (unpaired) electrons. The highest BCUT2D eigenvalue weighted by Gasteiger charge is 2.69. The van der Waals surface area contributed by atoms with Crippen LogP contribution >= 0.6 is 0 Å². The molecule has 0 aromatic heterocycles. The van der Waals surface area contributed by atoms with E-state index in [1.807, 2.05) is 6.08 Å². The third kappa shape index (κ3) is 3.03. The van der Waals surface area contributed by atoms with Crippen molar-refractivity contribution < 1.29 is 28.5 Å². The minimum atomic E-state index is -0.744. The number of hydrogen-bond donors (Lipinski definition) is 0. The Morgan fingerprint density at radius 3 is 2.69 bits per heavy atom. The Kier molecular flexibility index (Phi) is 5.30. The van der Waals surface area contributed by atoms with E-state index < -0.39 is 17.2 Å². The Morgan fingerprint density at radius 2 is 1.97 bits per heavy atom. The predicted octanol–water partition coefficient (Wildman–Crippen LogP) is 2.78. The van der Waals surface area contributed by atoms with Crippen LogP contribution in [-0.4, -0.2) is 45.2 Å². The van der Waals surface area contributed by atoms with Crippen molar-refractivity contribution in [3.63, 3.8) is 0 Å². The van der Waals surface area contributed by atoms with Crippen LogP contribution in [0.5, 0.6) is 0 Å². The first kappa shape index (κ1) is 20.2. The molecule has 0 aromatic carbocycles. The quantitative estimate of drug-likeness (QED) is 0.238. The molecular formula is C23H28O6. The van der Waals surface area contributed by atoms with E-state index in [0.717, 1.165) is 19.3 Å². The number of ether oxygens (including phenoxy) is 4. The standard InChI is InChI=1S/C23H28O6/c1-26-19(24)7-4-3-5-9-21(20(25)27-2)10-6-11-22-12-8-17(15-18(21)22)16-23(22)28-13-14-29-23/h6,8,10,12,17-18H,3,5,9,11,13-16H2,1-2H3/t17?,18?,21?,22-/m1/s1. The highest BCUT2D eigenvalue weighted by molar-refractivity contribution is 5.88. The second-order valence-corrected chi connectivity index (χ2v) is 8.39. The predicted molar refractivity (Wildman–Crippen MR) is 104 cm³/mol. The number of unbranched alkanes of at least 4 members (excludes halogenated alkanes) is 1. The highest BCUT2D eigenvalue weighted by atomic mass is 16.7. The van der Waals surface area contributed by atoms with Crippen LogP contribution in [0.3, 0.4) is 0 Å². The van der Waals surface area contributed by atoms with E-state index in [9.17, 15) is 9.59 Å². The monoisotopic (exact) mass is 400 g/mol. The molecule has 6 nitrogen and oxygen atoms in total. The maximum Gasteiger partial charge on any atom is 0.384 e. The van der Waals surface area contributed by atoms with E-state index in [2.05, 4.69) is 34.8 Å². The summed E-state index contributed by atoms with van der Waals surface area (Å²) in [5.74, 6) is 4.25. The molecule has 3 unspecified atom stereocenters. The van der Waals surface area contributed by atoms with Crippen LogP contribution in [0.25, 0.3) is 0 Å². The molecule has 6 heteroatoms. The molecule has 0 amide bonds. The summed E-state index contributed by atoms with van der Waals surface area (Å²) in [6.45, 7) is 1.18. The number of hydrogen-bond acceptors (Lipinski definition) is 6. The second-order valence-electron chi connectivity index (χ2n) is 8.39. The van der Waals surface area contributed by atoms with E-state index in [0.29, 0.717) is 38.4 Å². The minimum Gasteiger partial charge on any atom is -0.468 e. The number of carbonyl (C=O) groups is 2. The van der Waals surface area contributed by atoms with Crippen LogP contribution in [0.4, 0.5) is 0 Å². The van der Waals surface area contributed by atoms with Gasteiger partial charge in [0, 0.05) is 24.2 Å². The lowest BCUT2D eigenvalue weighted by atomic mass is 9.45. The largest absolute Gasteiger partial charge is 0.468 e. The van der Waals surface area contributed by atoms with Crippen LogP contribution in [0, 0.1) is 34.5 Å². The van der Waals surface area contributed by atoms with Crippen molar-refractivity contribution in [2.24, 2.45) is 22.7 Å². The third-order valence-electron chi connectivity index (χ3n) is 7.15. The number of carbonyl (C=O) groups excluding carboxylic acids is 2. The van der Waals surface area contributed by atoms with Crippen LogP contribution in [0.1, 0.15) is 38.5 Å². The van der Waals surface area contributed by atoms with E-state index in [-0.39, 0.29) is 17.3 Å². The zero-order valence-electron chi connectivity index (χ0n) is 17.1. The SMILES string of the molecule is COC(=O)C#CCCCC1(C(=O)OC)C=CC[C@@]23C=CC(CC12)CC31OCCO1. The molecule has 1 aliphatic heterocycles. The van der Waals surface area contributed by atoms with Gasteiger partial charge in [0.2, 0.25) is 0 Å². The van der Waals surface area contributed by atoms with Gasteiger partial charge in [0.15, 0.2) is 5.79 Å². The van der Waals surface area contributed by atoms with Gasteiger partial charge in [0.1, 0.15) is 0 Å². The number of allylic oxidation sites excluding steroid dienone is 2. The van der Waals surface area contributed by atoms with Crippen molar-refractivity contribution in [3.8, 4) is 11.8 Å². The first-order chi connectivity index (χ1) is 14.0. The molecule has 156 valence electrons. The van der Waals surface area contributed by atoms with Crippen molar-refractivity contribution in [2.45, 2.75) is 44.3 Å². The number of esters is 2. The highest BCUT2D eigenvalue weighted by Crippen LogP contribution is 2.67. The van der Waals surface area contributed by atoms with E-state index in [1.54, 1.807) is 0 Å². The van der Waals surface area contributed by atoms with Crippen molar-refractivity contribution >= 4 is 11.9 Å². The topological polar surface area (TPSA) is 71.1 Å². The van der Waals surface area contributed by atoms with Crippen LogP contribution < -0.4 is 0 Å². The molecule has 0 N–H and O–H groups in total. The maximum atomic E-state index is 13.1. The molecule has 1 saturated heterocycles. The van der Waals surface area contributed by atoms with E-state index >= 15 is 0 Å². The summed E-state index contributed by atoms with van der Waals surface area (Å²) in [5, 5.41) is 0. The van der Waals surface area contributed by atoms with Crippen LogP contribution in [-0.2, 0) is 28.5 Å². The zero-order chi connectivity index (χ0) is 20.5. The molecule has 5 rings (SSSR count). The van der Waals surface area contributed by atoms with Gasteiger partial charge in [-0.2, -0.15) is 0 Å². The molecular weight excluding hydrogens is 372 g/mol. The first-order valence-electron chi connectivity index (χ1n) is 10.3. The summed E-state index contributed by atoms with van der Waals surface area (Å²) in [7, 11) is 2.76. The lowest BCUT2D eigenvalue weighted by molar-refractivity contribution is -0.281. The Labute approximate surface area is 171 Å². The summed E-state index contributed by atoms with van der Waals surface area (Å²) < 4.78 is 22.3. The molecule has 4 aliphatic carbocycles. The maximum absolute atomic E-state index is 13.1. The minimum absolute atomic E-state index is 0.0443. The van der Waals surface area contributed by atoms with E-state index in [1.165, 1.54) is 14.2 Å². The molecule has 1 heterocycles. The van der Waals surface area contributed by atoms with Gasteiger partial charge in [0.25, 0.3) is 0 Å². The molecule has 2 fully saturated rings. The van der Waals surface area contributed by atoms with Crippen molar-refractivity contribution in [1.29, 1.82) is 0 Å². The van der Waals surface area contributed by atoms with Gasteiger partial charge in [-0.05, 0) is 37.5 Å². The zero-order valence-corrected chi connectivity index (χ0v) is 17.1. The Hall–Kier alpha value is -2.10. The summed E-state index contributed by atoms with van der Waals surface area (Å²) in [6, 6.07) is 0. The smallest absolute Gasteiger partial charge is 0.384 e. The summed E-state index contributed by atoms with van der Waals surface area (Å²) in [4.78, 5) is 24.3. The average molecular weight is 400 g/mol. The van der Waals surface area contributed by atoms with Crippen molar-refractivity contribution in [3.05, 3.63) is 24.3 Å². The lowest BCUT2D eigenvalue weighted by Crippen LogP contribution is -2.64. The normalized spacial score (nSPS) is 35.7. The number of methoxy groups -OCH3 is 2. The van der Waals surface area contributed by atoms with E-state index in [4.69, 9.17) is 14.2 Å². The fraction of sp³-hybridized carbons (Fsp3) is 0.652. The molecule has 2 spiro atoms. The van der Waals surface area contributed by atoms with Gasteiger partial charge in [-0.15, -0.1) is 0 Å². The van der Waals surface area contributed by atoms with Gasteiger partial charge in [-0.1, -0.05) is 30.2 Å². The van der Waals surface area contributed by atoms with Crippen LogP contribution in [0.15, 0.2) is 24.3 Å². The van der Waals surface area contributed by atoms with Gasteiger partial charge < -0.3 is 18.9 Å². The van der Waals surface area contributed by atoms with Gasteiger partial charge in [0.05, 0.1) is 32.8 Å². The van der Waals surface area contributed by atoms with Gasteiger partial charge >= 0.3 is 11.9 Å². The van der Waals surface area contributed by atoms with Crippen molar-refractivity contribution in [1.82, 2.24) is 0 Å². The first-order valence-corrected chi connectivity index (χ1v) is 10.3. The summed E-state index contributed by atoms with van der Waals surface area (Å²) >= 11 is 0. The third-order valence-corrected chi connectivity index (χ3v) is 7.15. The van der Waals surface area contributed by atoms with Crippen LogP contribution in [0.2, 0.25) is 0 Å². The molecule has 4 atom stereocenters. The Morgan fingerprint density at radius 1 is 1.17 bits per heavy atom. The molecule has 5 aliphatic rings. The fourth-order valence-corrected chi connectivity index (χ4v) is 5.97. The molecule has 2 bridgehead atoms. The molecule has 1 saturated carbocycles. The summed E-state index contributed by atoms with van der Waals surface area (Å²) in [5.41, 5.74) is -1.11. The average Bonchev–Trinajstić information content (AvgIpc) is 3.21. The van der Waals surface area contributed by atoms with Gasteiger partial charge in [-0.3, -0.25) is 4.79 Å². The fourth-order valence-electron chi connectivity index (χ4n) is 5.97. The number of rotatable bonds is 4. The molecule has 0 aromatic rings. The lowest BCUT2D eigenvalue weighted by Gasteiger charge is -2.62. The van der Waals surface area contributed by atoms with Gasteiger partial charge in [-0.25, -0.2) is 4.79 Å².